The lowest BCUT2D eigenvalue weighted by atomic mass is 9.95. The number of hydrogen-bond acceptors (Lipinski definition) is 3. The highest BCUT2D eigenvalue weighted by molar-refractivity contribution is 5.81. The molecule has 0 aromatic heterocycles. The minimum absolute atomic E-state index is 0.0364. The Balaban J connectivity index is 1.49. The number of carbonyl (C=O) groups excluding carboxylic acids is 1. The summed E-state index contributed by atoms with van der Waals surface area (Å²) in [7, 11) is 0. The van der Waals surface area contributed by atoms with Gasteiger partial charge in [0, 0.05) is 25.2 Å². The molecule has 1 aliphatic carbocycles. The van der Waals surface area contributed by atoms with E-state index in [1.54, 1.807) is 0 Å². The third-order valence-electron chi connectivity index (χ3n) is 5.27. The lowest BCUT2D eigenvalue weighted by Gasteiger charge is -2.28. The van der Waals surface area contributed by atoms with Gasteiger partial charge in [0.25, 0.3) is 0 Å². The van der Waals surface area contributed by atoms with Gasteiger partial charge in [-0.15, -0.1) is 0 Å². The van der Waals surface area contributed by atoms with E-state index < -0.39 is 0 Å². The van der Waals surface area contributed by atoms with E-state index in [1.807, 2.05) is 0 Å². The van der Waals surface area contributed by atoms with E-state index in [0.717, 1.165) is 25.6 Å². The molecule has 2 heterocycles. The summed E-state index contributed by atoms with van der Waals surface area (Å²) in [5, 5.41) is 6.81. The molecule has 3 atom stereocenters. The summed E-state index contributed by atoms with van der Waals surface area (Å²) in [6.07, 6.45) is 7.51. The third-order valence-corrected chi connectivity index (χ3v) is 5.27. The molecule has 1 amide bonds. The fourth-order valence-corrected chi connectivity index (χ4v) is 3.93. The molecular weight excluding hydrogens is 238 g/mol. The molecule has 0 aromatic carbocycles. The molecule has 1 unspecified atom stereocenters. The number of fused-ring (bicyclic) bond motifs is 1. The molecule has 4 heteroatoms. The Bertz CT molecular complexity index is 315. The van der Waals surface area contributed by atoms with Crippen molar-refractivity contribution in [2.24, 2.45) is 5.92 Å². The minimum atomic E-state index is 0.0364. The SMILES string of the molecule is CC(C(=O)NC1CCCCC1)N1C[C@@H]2CCN[C@@H]2C1. The van der Waals surface area contributed by atoms with E-state index in [1.165, 1.54) is 38.5 Å². The minimum Gasteiger partial charge on any atom is -0.352 e. The second kappa shape index (κ2) is 5.80. The van der Waals surface area contributed by atoms with Crippen LogP contribution in [0.1, 0.15) is 45.4 Å². The van der Waals surface area contributed by atoms with Crippen LogP contribution in [0.5, 0.6) is 0 Å². The molecule has 1 saturated carbocycles. The molecule has 4 nitrogen and oxygen atoms in total. The smallest absolute Gasteiger partial charge is 0.237 e. The van der Waals surface area contributed by atoms with E-state index in [4.69, 9.17) is 0 Å². The fraction of sp³-hybridized carbons (Fsp3) is 0.933. The van der Waals surface area contributed by atoms with E-state index in [2.05, 4.69) is 22.5 Å². The second-order valence-corrected chi connectivity index (χ2v) is 6.58. The van der Waals surface area contributed by atoms with Gasteiger partial charge in [-0.05, 0) is 38.6 Å². The Labute approximate surface area is 116 Å². The maximum Gasteiger partial charge on any atom is 0.237 e. The molecule has 3 rings (SSSR count). The normalized spacial score (nSPS) is 34.2. The zero-order chi connectivity index (χ0) is 13.2. The van der Waals surface area contributed by atoms with Gasteiger partial charge in [-0.2, -0.15) is 0 Å². The highest BCUT2D eigenvalue weighted by Gasteiger charge is 2.39. The van der Waals surface area contributed by atoms with Crippen LogP contribution >= 0.6 is 0 Å². The molecule has 3 fully saturated rings. The van der Waals surface area contributed by atoms with Crippen LogP contribution in [0.15, 0.2) is 0 Å². The van der Waals surface area contributed by atoms with Crippen molar-refractivity contribution in [1.82, 2.24) is 15.5 Å². The Morgan fingerprint density at radius 3 is 2.74 bits per heavy atom. The van der Waals surface area contributed by atoms with E-state index in [-0.39, 0.29) is 11.9 Å². The van der Waals surface area contributed by atoms with Gasteiger partial charge in [-0.1, -0.05) is 19.3 Å². The number of likely N-dealkylation sites (tertiary alicyclic amines) is 1. The average Bonchev–Trinajstić information content (AvgIpc) is 2.99. The van der Waals surface area contributed by atoms with Crippen LogP contribution in [0, 0.1) is 5.92 Å². The first-order chi connectivity index (χ1) is 9.24. The maximum atomic E-state index is 12.3. The average molecular weight is 265 g/mol. The van der Waals surface area contributed by atoms with Crippen molar-refractivity contribution in [3.63, 3.8) is 0 Å². The van der Waals surface area contributed by atoms with Crippen LogP contribution in [-0.4, -0.2) is 48.6 Å². The van der Waals surface area contributed by atoms with Crippen molar-refractivity contribution >= 4 is 5.91 Å². The van der Waals surface area contributed by atoms with Crippen molar-refractivity contribution in [2.75, 3.05) is 19.6 Å². The molecule has 2 aliphatic heterocycles. The topological polar surface area (TPSA) is 44.4 Å². The molecule has 19 heavy (non-hydrogen) atoms. The summed E-state index contributed by atoms with van der Waals surface area (Å²) < 4.78 is 0. The third kappa shape index (κ3) is 2.95. The summed E-state index contributed by atoms with van der Waals surface area (Å²) in [6, 6.07) is 1.10. The predicted octanol–water partition coefficient (Wildman–Crippen LogP) is 1.12. The first kappa shape index (κ1) is 13.4. The Hall–Kier alpha value is -0.610. The van der Waals surface area contributed by atoms with Crippen LogP contribution in [0.4, 0.5) is 0 Å². The van der Waals surface area contributed by atoms with Crippen LogP contribution in [0.3, 0.4) is 0 Å². The molecular formula is C15H27N3O. The monoisotopic (exact) mass is 265 g/mol. The van der Waals surface area contributed by atoms with Gasteiger partial charge >= 0.3 is 0 Å². The molecule has 0 radical (unpaired) electrons. The zero-order valence-corrected chi connectivity index (χ0v) is 12.0. The van der Waals surface area contributed by atoms with Gasteiger partial charge in [-0.25, -0.2) is 0 Å². The Morgan fingerprint density at radius 1 is 1.21 bits per heavy atom. The largest absolute Gasteiger partial charge is 0.352 e. The predicted molar refractivity (Wildman–Crippen MR) is 75.9 cm³/mol. The summed E-state index contributed by atoms with van der Waals surface area (Å²) in [6.45, 7) is 5.37. The molecule has 108 valence electrons. The number of nitrogens with zero attached hydrogens (tertiary/aromatic N) is 1. The van der Waals surface area contributed by atoms with Gasteiger partial charge in [0.1, 0.15) is 0 Å². The number of rotatable bonds is 3. The van der Waals surface area contributed by atoms with E-state index in [0.29, 0.717) is 12.1 Å². The van der Waals surface area contributed by atoms with Crippen molar-refractivity contribution in [2.45, 2.75) is 63.6 Å². The van der Waals surface area contributed by atoms with Crippen molar-refractivity contribution in [3.05, 3.63) is 0 Å². The summed E-state index contributed by atoms with van der Waals surface area (Å²) in [5.74, 6) is 1.01. The molecule has 0 spiro atoms. The maximum absolute atomic E-state index is 12.3. The van der Waals surface area contributed by atoms with Gasteiger partial charge in [0.15, 0.2) is 0 Å². The van der Waals surface area contributed by atoms with Crippen LogP contribution in [0.2, 0.25) is 0 Å². The molecule has 0 aromatic rings. The number of carbonyl (C=O) groups is 1. The lowest BCUT2D eigenvalue weighted by Crippen LogP contribution is -2.48. The number of nitrogens with one attached hydrogen (secondary N) is 2. The van der Waals surface area contributed by atoms with Crippen LogP contribution < -0.4 is 10.6 Å². The second-order valence-electron chi connectivity index (χ2n) is 6.58. The standard InChI is InChI=1S/C15H27N3O/c1-11(15(19)17-13-5-3-2-4-6-13)18-9-12-7-8-16-14(12)10-18/h11-14,16H,2-10H2,1H3,(H,17,19)/t11?,12-,14+/m0/s1. The van der Waals surface area contributed by atoms with Gasteiger partial charge in [-0.3, -0.25) is 9.69 Å². The Morgan fingerprint density at radius 2 is 2.00 bits per heavy atom. The highest BCUT2D eigenvalue weighted by atomic mass is 16.2. The van der Waals surface area contributed by atoms with Gasteiger partial charge < -0.3 is 10.6 Å². The molecule has 2 N–H and O–H groups in total. The highest BCUT2D eigenvalue weighted by Crippen LogP contribution is 2.26. The van der Waals surface area contributed by atoms with Crippen LogP contribution in [-0.2, 0) is 4.79 Å². The summed E-state index contributed by atoms with van der Waals surface area (Å²) in [5.41, 5.74) is 0. The quantitative estimate of drug-likeness (QED) is 0.804. The Kier molecular flexibility index (Phi) is 4.08. The van der Waals surface area contributed by atoms with Gasteiger partial charge in [0.05, 0.1) is 6.04 Å². The zero-order valence-electron chi connectivity index (χ0n) is 12.0. The first-order valence-corrected chi connectivity index (χ1v) is 8.02. The molecule has 3 aliphatic rings. The lowest BCUT2D eigenvalue weighted by molar-refractivity contribution is -0.126. The fourth-order valence-electron chi connectivity index (χ4n) is 3.93. The first-order valence-electron chi connectivity index (χ1n) is 8.02. The summed E-state index contributed by atoms with van der Waals surface area (Å²) in [4.78, 5) is 14.7. The number of hydrogen-bond donors (Lipinski definition) is 2. The van der Waals surface area contributed by atoms with Crippen molar-refractivity contribution in [3.8, 4) is 0 Å². The van der Waals surface area contributed by atoms with Crippen molar-refractivity contribution in [1.29, 1.82) is 0 Å². The van der Waals surface area contributed by atoms with Crippen LogP contribution in [0.25, 0.3) is 0 Å². The number of amides is 1. The molecule has 2 saturated heterocycles. The van der Waals surface area contributed by atoms with E-state index >= 15 is 0 Å². The van der Waals surface area contributed by atoms with Gasteiger partial charge in [0.2, 0.25) is 5.91 Å². The summed E-state index contributed by atoms with van der Waals surface area (Å²) >= 11 is 0. The molecule has 0 bridgehead atoms. The van der Waals surface area contributed by atoms with E-state index in [9.17, 15) is 4.79 Å². The van der Waals surface area contributed by atoms with Crippen molar-refractivity contribution < 1.29 is 4.79 Å².